The zero-order chi connectivity index (χ0) is 14.1. The molecule has 1 atom stereocenters. The van der Waals surface area contributed by atoms with Crippen molar-refractivity contribution < 1.29 is 9.21 Å². The van der Waals surface area contributed by atoms with Crippen molar-refractivity contribution >= 4 is 11.6 Å². The van der Waals surface area contributed by atoms with Crippen LogP contribution in [0.2, 0.25) is 0 Å². The molecule has 0 saturated heterocycles. The second-order valence-electron chi connectivity index (χ2n) is 5.13. The van der Waals surface area contributed by atoms with Gasteiger partial charge in [0.05, 0.1) is 17.9 Å². The third-order valence-corrected chi connectivity index (χ3v) is 3.86. The van der Waals surface area contributed by atoms with Gasteiger partial charge in [0.25, 0.3) is 5.91 Å². The first-order valence-electron chi connectivity index (χ1n) is 6.94. The molecular weight excluding hydrogens is 252 g/mol. The van der Waals surface area contributed by atoms with E-state index in [4.69, 9.17) is 10.2 Å². The molecule has 0 saturated carbocycles. The summed E-state index contributed by atoms with van der Waals surface area (Å²) in [5.74, 6) is 0.670. The van der Waals surface area contributed by atoms with Crippen molar-refractivity contribution in [2.24, 2.45) is 0 Å². The number of carbonyl (C=O) groups excluding carboxylic acids is 1. The molecule has 0 bridgehead atoms. The van der Waals surface area contributed by atoms with Crippen LogP contribution < -0.4 is 11.1 Å². The summed E-state index contributed by atoms with van der Waals surface area (Å²) in [5.41, 5.74) is 9.61. The average Bonchev–Trinajstić information content (AvgIpc) is 3.05. The number of rotatable bonds is 3. The molecule has 0 radical (unpaired) electrons. The molecule has 1 unspecified atom stereocenters. The first-order chi connectivity index (χ1) is 9.69. The number of anilines is 1. The van der Waals surface area contributed by atoms with Crippen molar-refractivity contribution in [1.82, 2.24) is 5.32 Å². The van der Waals surface area contributed by atoms with Crippen molar-refractivity contribution in [2.75, 3.05) is 5.73 Å². The summed E-state index contributed by atoms with van der Waals surface area (Å²) in [6.45, 7) is 1.98. The van der Waals surface area contributed by atoms with Gasteiger partial charge in [-0.05, 0) is 42.2 Å². The Hall–Kier alpha value is -2.23. The summed E-state index contributed by atoms with van der Waals surface area (Å²) >= 11 is 0. The monoisotopic (exact) mass is 270 g/mol. The fraction of sp³-hybridized carbons (Fsp3) is 0.312. The number of nitrogen functional groups attached to an aromatic ring is 1. The third-order valence-electron chi connectivity index (χ3n) is 3.86. The number of carbonyl (C=O) groups is 1. The van der Waals surface area contributed by atoms with E-state index in [-0.39, 0.29) is 11.9 Å². The van der Waals surface area contributed by atoms with Crippen LogP contribution in [0.1, 0.15) is 46.6 Å². The maximum Gasteiger partial charge on any atom is 0.255 e. The zero-order valence-corrected chi connectivity index (χ0v) is 11.5. The number of benzene rings is 1. The molecule has 1 aromatic heterocycles. The Morgan fingerprint density at radius 3 is 3.10 bits per heavy atom. The van der Waals surface area contributed by atoms with Crippen molar-refractivity contribution in [3.63, 3.8) is 0 Å². The van der Waals surface area contributed by atoms with E-state index in [9.17, 15) is 4.79 Å². The second kappa shape index (κ2) is 5.04. The Bertz CT molecular complexity index is 646. The van der Waals surface area contributed by atoms with E-state index in [0.29, 0.717) is 12.0 Å². The number of hydrogen-bond donors (Lipinski definition) is 2. The van der Waals surface area contributed by atoms with Gasteiger partial charge in [-0.2, -0.15) is 0 Å². The van der Waals surface area contributed by atoms with Gasteiger partial charge in [0.15, 0.2) is 0 Å². The van der Waals surface area contributed by atoms with Crippen LogP contribution in [0.25, 0.3) is 0 Å². The number of furan rings is 1. The van der Waals surface area contributed by atoms with Gasteiger partial charge in [0.1, 0.15) is 5.76 Å². The van der Waals surface area contributed by atoms with E-state index in [1.54, 1.807) is 12.3 Å². The Kier molecular flexibility index (Phi) is 3.22. The summed E-state index contributed by atoms with van der Waals surface area (Å²) in [4.78, 5) is 12.3. The van der Waals surface area contributed by atoms with E-state index < -0.39 is 0 Å². The minimum atomic E-state index is -0.0646. The molecular formula is C16H18N2O2. The standard InChI is InChI=1S/C16H18N2O2/c1-2-15-13(7-8-20-15)16(19)18-14-6-3-10-9-11(17)4-5-12(10)14/h4-5,7-9,14H,2-3,6,17H2,1H3,(H,18,19). The minimum Gasteiger partial charge on any atom is -0.469 e. The van der Waals surface area contributed by atoms with Gasteiger partial charge >= 0.3 is 0 Å². The van der Waals surface area contributed by atoms with Crippen LogP contribution in [0.15, 0.2) is 34.9 Å². The van der Waals surface area contributed by atoms with Gasteiger partial charge in [0.2, 0.25) is 0 Å². The molecule has 1 heterocycles. The summed E-state index contributed by atoms with van der Waals surface area (Å²) in [7, 11) is 0. The molecule has 0 spiro atoms. The molecule has 1 amide bonds. The maximum atomic E-state index is 12.3. The van der Waals surface area contributed by atoms with E-state index in [1.165, 1.54) is 11.1 Å². The summed E-state index contributed by atoms with van der Waals surface area (Å²) in [6.07, 6.45) is 4.16. The number of nitrogens with one attached hydrogen (secondary N) is 1. The van der Waals surface area contributed by atoms with E-state index in [0.717, 1.165) is 24.3 Å². The van der Waals surface area contributed by atoms with Crippen molar-refractivity contribution in [2.45, 2.75) is 32.2 Å². The van der Waals surface area contributed by atoms with E-state index in [2.05, 4.69) is 5.32 Å². The van der Waals surface area contributed by atoms with Crippen LogP contribution in [-0.4, -0.2) is 5.91 Å². The van der Waals surface area contributed by atoms with E-state index in [1.807, 2.05) is 25.1 Å². The topological polar surface area (TPSA) is 68.3 Å². The lowest BCUT2D eigenvalue weighted by Crippen LogP contribution is -2.27. The molecule has 0 fully saturated rings. The van der Waals surface area contributed by atoms with Crippen LogP contribution in [0.5, 0.6) is 0 Å². The first-order valence-corrected chi connectivity index (χ1v) is 6.94. The highest BCUT2D eigenvalue weighted by Crippen LogP contribution is 2.32. The average molecular weight is 270 g/mol. The molecule has 0 aliphatic heterocycles. The van der Waals surface area contributed by atoms with Crippen molar-refractivity contribution in [3.05, 3.63) is 53.0 Å². The number of nitrogens with two attached hydrogens (primary N) is 1. The van der Waals surface area contributed by atoms with Gasteiger partial charge in [-0.25, -0.2) is 0 Å². The Balaban J connectivity index is 1.79. The molecule has 1 aliphatic carbocycles. The lowest BCUT2D eigenvalue weighted by atomic mass is 10.1. The molecule has 1 aliphatic rings. The molecule has 1 aromatic carbocycles. The quantitative estimate of drug-likeness (QED) is 0.843. The fourth-order valence-electron chi connectivity index (χ4n) is 2.84. The second-order valence-corrected chi connectivity index (χ2v) is 5.13. The largest absolute Gasteiger partial charge is 0.469 e. The number of hydrogen-bond acceptors (Lipinski definition) is 3. The molecule has 104 valence electrons. The van der Waals surface area contributed by atoms with Crippen LogP contribution in [-0.2, 0) is 12.8 Å². The molecule has 3 rings (SSSR count). The summed E-state index contributed by atoms with van der Waals surface area (Å²) < 4.78 is 5.31. The van der Waals surface area contributed by atoms with Crippen LogP contribution in [0.3, 0.4) is 0 Å². The smallest absolute Gasteiger partial charge is 0.255 e. The van der Waals surface area contributed by atoms with Crippen LogP contribution in [0.4, 0.5) is 5.69 Å². The highest BCUT2D eigenvalue weighted by atomic mass is 16.3. The molecule has 20 heavy (non-hydrogen) atoms. The predicted octanol–water partition coefficient (Wildman–Crippen LogP) is 2.84. The number of aryl methyl sites for hydroxylation is 2. The van der Waals surface area contributed by atoms with Crippen molar-refractivity contribution in [3.8, 4) is 0 Å². The highest BCUT2D eigenvalue weighted by Gasteiger charge is 2.25. The summed E-state index contributed by atoms with van der Waals surface area (Å²) in [5, 5.41) is 3.09. The highest BCUT2D eigenvalue weighted by molar-refractivity contribution is 5.95. The molecule has 4 heteroatoms. The molecule has 4 nitrogen and oxygen atoms in total. The van der Waals surface area contributed by atoms with Gasteiger partial charge < -0.3 is 15.5 Å². The zero-order valence-electron chi connectivity index (χ0n) is 11.5. The molecule has 2 aromatic rings. The van der Waals surface area contributed by atoms with E-state index >= 15 is 0 Å². The Morgan fingerprint density at radius 1 is 1.45 bits per heavy atom. The number of amides is 1. The Morgan fingerprint density at radius 2 is 2.30 bits per heavy atom. The van der Waals surface area contributed by atoms with Gasteiger partial charge in [-0.1, -0.05) is 13.0 Å². The number of fused-ring (bicyclic) bond motifs is 1. The Labute approximate surface area is 118 Å². The molecule has 3 N–H and O–H groups in total. The normalized spacial score (nSPS) is 16.9. The lowest BCUT2D eigenvalue weighted by Gasteiger charge is -2.14. The summed E-state index contributed by atoms with van der Waals surface area (Å²) in [6, 6.07) is 7.69. The van der Waals surface area contributed by atoms with Gasteiger partial charge in [-0.15, -0.1) is 0 Å². The maximum absolute atomic E-state index is 12.3. The van der Waals surface area contributed by atoms with Gasteiger partial charge in [0, 0.05) is 12.1 Å². The SMILES string of the molecule is CCc1occc1C(=O)NC1CCc2cc(N)ccc21. The minimum absolute atomic E-state index is 0.0646. The van der Waals surface area contributed by atoms with Crippen LogP contribution in [0, 0.1) is 0 Å². The lowest BCUT2D eigenvalue weighted by molar-refractivity contribution is 0.0935. The van der Waals surface area contributed by atoms with Crippen LogP contribution >= 0.6 is 0 Å². The fourth-order valence-corrected chi connectivity index (χ4v) is 2.84. The third kappa shape index (κ3) is 2.18. The predicted molar refractivity (Wildman–Crippen MR) is 77.5 cm³/mol. The van der Waals surface area contributed by atoms with Crippen molar-refractivity contribution in [1.29, 1.82) is 0 Å². The van der Waals surface area contributed by atoms with Gasteiger partial charge in [-0.3, -0.25) is 4.79 Å². The first kappa shape index (κ1) is 12.8.